The molecule has 0 N–H and O–H groups in total. The smallest absolute Gasteiger partial charge is 0.00121 e. The molecule has 1 fully saturated rings. The van der Waals surface area contributed by atoms with E-state index >= 15 is 0 Å². The van der Waals surface area contributed by atoms with Gasteiger partial charge in [-0.05, 0) is 37.8 Å². The Morgan fingerprint density at radius 1 is 1.06 bits per heavy atom. The molecule has 0 spiro atoms. The van der Waals surface area contributed by atoms with Crippen LogP contribution in [0, 0.1) is 11.8 Å². The molecular weight excluding hydrogens is 194 g/mol. The van der Waals surface area contributed by atoms with Gasteiger partial charge >= 0.3 is 0 Å². The quantitative estimate of drug-likeness (QED) is 0.671. The molecule has 0 amide bonds. The van der Waals surface area contributed by atoms with Crippen LogP contribution in [0.4, 0.5) is 0 Å². The minimum Gasteiger partial charge on any atom is -0.303 e. The van der Waals surface area contributed by atoms with Gasteiger partial charge in [0.1, 0.15) is 0 Å². The van der Waals surface area contributed by atoms with E-state index in [0.717, 1.165) is 11.8 Å². The molecule has 1 saturated heterocycles. The first-order valence-corrected chi connectivity index (χ1v) is 7.50. The Hall–Kier alpha value is -0.0400. The zero-order valence-electron chi connectivity index (χ0n) is 12.8. The lowest BCUT2D eigenvalue weighted by Gasteiger charge is -2.36. The molecular formula is C15H35N. The van der Waals surface area contributed by atoms with E-state index in [0.29, 0.717) is 0 Å². The van der Waals surface area contributed by atoms with Gasteiger partial charge in [0.15, 0.2) is 0 Å². The Morgan fingerprint density at radius 2 is 1.62 bits per heavy atom. The van der Waals surface area contributed by atoms with Gasteiger partial charge in [-0.25, -0.2) is 0 Å². The predicted octanol–water partition coefficient (Wildman–Crippen LogP) is 4.82. The van der Waals surface area contributed by atoms with E-state index in [2.05, 4.69) is 25.7 Å². The summed E-state index contributed by atoms with van der Waals surface area (Å²) in [5.41, 5.74) is 0. The summed E-state index contributed by atoms with van der Waals surface area (Å²) in [6.45, 7) is 18.9. The largest absolute Gasteiger partial charge is 0.303 e. The van der Waals surface area contributed by atoms with Gasteiger partial charge in [0.05, 0.1) is 0 Å². The number of likely N-dealkylation sites (tertiary alicyclic amines) is 1. The molecule has 0 aliphatic carbocycles. The van der Waals surface area contributed by atoms with Crippen LogP contribution < -0.4 is 0 Å². The summed E-state index contributed by atoms with van der Waals surface area (Å²) in [5, 5.41) is 0. The van der Waals surface area contributed by atoms with E-state index in [1.54, 1.807) is 0 Å². The molecule has 2 atom stereocenters. The highest BCUT2D eigenvalue weighted by molar-refractivity contribution is 4.76. The minimum absolute atomic E-state index is 0.966. The lowest BCUT2D eigenvalue weighted by Crippen LogP contribution is -2.39. The lowest BCUT2D eigenvalue weighted by atomic mass is 9.84. The first-order valence-electron chi connectivity index (χ1n) is 7.50. The fourth-order valence-electron chi connectivity index (χ4n) is 2.26. The zero-order valence-corrected chi connectivity index (χ0v) is 12.8. The van der Waals surface area contributed by atoms with E-state index in [9.17, 15) is 0 Å². The maximum absolute atomic E-state index is 2.60. The van der Waals surface area contributed by atoms with Crippen molar-refractivity contribution in [2.45, 2.75) is 67.7 Å². The molecule has 0 aromatic heterocycles. The summed E-state index contributed by atoms with van der Waals surface area (Å²) in [4.78, 5) is 2.60. The molecule has 1 aliphatic rings. The Labute approximate surface area is 105 Å². The fourth-order valence-corrected chi connectivity index (χ4v) is 2.26. The molecule has 1 nitrogen and oxygen atoms in total. The van der Waals surface area contributed by atoms with Crippen molar-refractivity contribution in [1.82, 2.24) is 4.90 Å². The first kappa shape index (κ1) is 18.3. The third kappa shape index (κ3) is 7.27. The third-order valence-electron chi connectivity index (χ3n) is 3.30. The third-order valence-corrected chi connectivity index (χ3v) is 3.30. The number of piperidine rings is 1. The van der Waals surface area contributed by atoms with E-state index < -0.39 is 0 Å². The van der Waals surface area contributed by atoms with Crippen molar-refractivity contribution >= 4 is 0 Å². The van der Waals surface area contributed by atoms with Gasteiger partial charge in [-0.1, -0.05) is 54.9 Å². The fraction of sp³-hybridized carbons (Fsp3) is 1.00. The number of rotatable bonds is 3. The van der Waals surface area contributed by atoms with Crippen LogP contribution in [0.2, 0.25) is 0 Å². The summed E-state index contributed by atoms with van der Waals surface area (Å²) < 4.78 is 0. The van der Waals surface area contributed by atoms with Gasteiger partial charge in [-0.2, -0.15) is 0 Å². The Morgan fingerprint density at radius 3 is 2.06 bits per heavy atom. The van der Waals surface area contributed by atoms with Gasteiger partial charge in [0.2, 0.25) is 0 Å². The van der Waals surface area contributed by atoms with Crippen molar-refractivity contribution in [3.8, 4) is 0 Å². The molecule has 0 aromatic rings. The predicted molar refractivity (Wildman–Crippen MR) is 77.0 cm³/mol. The van der Waals surface area contributed by atoms with Gasteiger partial charge in [0, 0.05) is 6.54 Å². The van der Waals surface area contributed by atoms with Crippen LogP contribution in [-0.2, 0) is 0 Å². The molecule has 100 valence electrons. The topological polar surface area (TPSA) is 3.24 Å². The van der Waals surface area contributed by atoms with Gasteiger partial charge in [0.25, 0.3) is 0 Å². The first-order chi connectivity index (χ1) is 7.77. The van der Waals surface area contributed by atoms with Crippen molar-refractivity contribution in [3.05, 3.63) is 0 Å². The summed E-state index contributed by atoms with van der Waals surface area (Å²) in [7, 11) is 0. The Balaban J connectivity index is 0. The number of nitrogens with zero attached hydrogens (tertiary/aromatic N) is 1. The van der Waals surface area contributed by atoms with Crippen LogP contribution in [0.5, 0.6) is 0 Å². The molecule has 1 heteroatoms. The van der Waals surface area contributed by atoms with Gasteiger partial charge < -0.3 is 4.90 Å². The second-order valence-electron chi connectivity index (χ2n) is 4.21. The maximum Gasteiger partial charge on any atom is 0.00121 e. The highest BCUT2D eigenvalue weighted by atomic mass is 15.1. The van der Waals surface area contributed by atoms with Crippen LogP contribution in [-0.4, -0.2) is 24.5 Å². The molecule has 1 aliphatic heterocycles. The van der Waals surface area contributed by atoms with Crippen molar-refractivity contribution in [2.75, 3.05) is 19.6 Å². The highest BCUT2D eigenvalue weighted by Gasteiger charge is 2.23. The van der Waals surface area contributed by atoms with Crippen molar-refractivity contribution in [3.63, 3.8) is 0 Å². The average molecular weight is 229 g/mol. The summed E-state index contributed by atoms with van der Waals surface area (Å²) >= 11 is 0. The Kier molecular flexibility index (Phi) is 14.9. The normalized spacial score (nSPS) is 24.9. The van der Waals surface area contributed by atoms with Gasteiger partial charge in [-0.3, -0.25) is 0 Å². The molecule has 0 saturated carbocycles. The van der Waals surface area contributed by atoms with Crippen molar-refractivity contribution < 1.29 is 0 Å². The molecule has 0 aromatic carbocycles. The second-order valence-corrected chi connectivity index (χ2v) is 4.21. The monoisotopic (exact) mass is 229 g/mol. The second kappa shape index (κ2) is 13.0. The Bertz CT molecular complexity index is 123. The number of hydrogen-bond donors (Lipinski definition) is 0. The molecule has 0 radical (unpaired) electrons. The molecule has 2 unspecified atom stereocenters. The molecule has 0 bridgehead atoms. The average Bonchev–Trinajstić information content (AvgIpc) is 2.37. The van der Waals surface area contributed by atoms with Crippen molar-refractivity contribution in [1.29, 1.82) is 0 Å². The molecule has 16 heavy (non-hydrogen) atoms. The standard InChI is InChI=1S/C11H23N.2C2H6/c1-4-6-11-9-12(5-2)8-7-10(11)3;2*1-2/h10-11H,4-9H2,1-3H3;2*1-2H3. The zero-order chi connectivity index (χ0) is 13.0. The van der Waals surface area contributed by atoms with E-state index in [4.69, 9.17) is 0 Å². The number of hydrogen-bond acceptors (Lipinski definition) is 1. The molecule has 1 heterocycles. The van der Waals surface area contributed by atoms with Gasteiger partial charge in [-0.15, -0.1) is 0 Å². The summed E-state index contributed by atoms with van der Waals surface area (Å²) in [6, 6.07) is 0. The minimum atomic E-state index is 0.966. The van der Waals surface area contributed by atoms with Crippen LogP contribution in [0.15, 0.2) is 0 Å². The summed E-state index contributed by atoms with van der Waals surface area (Å²) in [6.07, 6.45) is 4.20. The molecule has 1 rings (SSSR count). The lowest BCUT2D eigenvalue weighted by molar-refractivity contribution is 0.127. The van der Waals surface area contributed by atoms with E-state index in [1.165, 1.54) is 38.9 Å². The maximum atomic E-state index is 2.60. The van der Waals surface area contributed by atoms with Crippen molar-refractivity contribution in [2.24, 2.45) is 11.8 Å². The van der Waals surface area contributed by atoms with E-state index in [-0.39, 0.29) is 0 Å². The van der Waals surface area contributed by atoms with Crippen LogP contribution in [0.1, 0.15) is 67.7 Å². The SMILES string of the molecule is CC.CC.CCCC1CN(CC)CCC1C. The van der Waals surface area contributed by atoms with E-state index in [1.807, 2.05) is 27.7 Å². The van der Waals surface area contributed by atoms with Crippen LogP contribution in [0.25, 0.3) is 0 Å². The highest BCUT2D eigenvalue weighted by Crippen LogP contribution is 2.26. The van der Waals surface area contributed by atoms with Crippen LogP contribution in [0.3, 0.4) is 0 Å². The summed E-state index contributed by atoms with van der Waals surface area (Å²) in [5.74, 6) is 1.94. The van der Waals surface area contributed by atoms with Crippen LogP contribution >= 0.6 is 0 Å².